The third-order valence-corrected chi connectivity index (χ3v) is 12.3. The molecule has 0 radical (unpaired) electrons. The van der Waals surface area contributed by atoms with Gasteiger partial charge in [-0.1, -0.05) is 72.8 Å². The van der Waals surface area contributed by atoms with Crippen LogP contribution in [0.5, 0.6) is 0 Å². The van der Waals surface area contributed by atoms with Crippen molar-refractivity contribution in [1.82, 2.24) is 0 Å². The van der Waals surface area contributed by atoms with Gasteiger partial charge in [0, 0.05) is 74.5 Å². The Morgan fingerprint density at radius 3 is 0.740 bits per heavy atom. The third kappa shape index (κ3) is 16.0. The minimum absolute atomic E-state index is 0. The van der Waals surface area contributed by atoms with Crippen molar-refractivity contribution >= 4 is 47.7 Å². The second-order valence-electron chi connectivity index (χ2n) is 13.1. The molecule has 50 heavy (non-hydrogen) atoms. The van der Waals surface area contributed by atoms with Crippen molar-refractivity contribution in [1.29, 1.82) is 0 Å². The van der Waals surface area contributed by atoms with Gasteiger partial charge in [-0.05, 0) is 59.1 Å². The molecule has 0 saturated heterocycles. The largest absolute Gasteiger partial charge is 1.00 e. The molecule has 262 valence electrons. The molecule has 0 N–H and O–H groups in total. The van der Waals surface area contributed by atoms with Crippen LogP contribution < -0.4 is 31.8 Å². The standard InChI is InChI=1S/2C17H15P.2C5H9N.Cu.Fe/c2*1-3-9-15(10-4-1)18(17-13-7-8-14-17)16-11-5-2-6-12-16;2*1-5(2,3)6-4;;/h2*1-14,18H;2*1-3H3;;/q;;;;+1;. The Labute approximate surface area is 325 Å². The second kappa shape index (κ2) is 23.0. The van der Waals surface area contributed by atoms with Crippen LogP contribution in [0.1, 0.15) is 41.5 Å². The summed E-state index contributed by atoms with van der Waals surface area (Å²) in [5.74, 6) is 0. The first-order valence-corrected chi connectivity index (χ1v) is 19.2. The zero-order valence-corrected chi connectivity index (χ0v) is 33.8. The van der Waals surface area contributed by atoms with Crippen LogP contribution in [0, 0.1) is 13.1 Å². The minimum Gasteiger partial charge on any atom is -0.311 e. The average molecular weight is 786 g/mol. The van der Waals surface area contributed by atoms with Crippen LogP contribution in [0.25, 0.3) is 9.69 Å². The summed E-state index contributed by atoms with van der Waals surface area (Å²) >= 11 is 0. The Kier molecular flexibility index (Phi) is 20.5. The van der Waals surface area contributed by atoms with Crippen molar-refractivity contribution in [3.8, 4) is 0 Å². The second-order valence-corrected chi connectivity index (χ2v) is 18.1. The molecule has 0 atom stereocenters. The van der Waals surface area contributed by atoms with Gasteiger partial charge in [0.1, 0.15) is 0 Å². The van der Waals surface area contributed by atoms with E-state index >= 15 is 0 Å². The van der Waals surface area contributed by atoms with Crippen molar-refractivity contribution in [2.24, 2.45) is 0 Å². The summed E-state index contributed by atoms with van der Waals surface area (Å²) in [6.07, 6.45) is 0. The first-order valence-electron chi connectivity index (χ1n) is 16.2. The number of nitrogens with zero attached hydrogens (tertiary/aromatic N) is 2. The van der Waals surface area contributed by atoms with Crippen molar-refractivity contribution in [2.75, 3.05) is 0 Å². The molecule has 0 unspecified atom stereocenters. The number of rotatable bonds is 6. The predicted octanol–water partition coefficient (Wildman–Crippen LogP) is 9.20. The molecule has 0 aliphatic heterocycles. The topological polar surface area (TPSA) is 8.72 Å². The molecule has 0 bridgehead atoms. The predicted molar refractivity (Wildman–Crippen MR) is 217 cm³/mol. The molecule has 0 amide bonds. The molecule has 0 aliphatic rings. The van der Waals surface area contributed by atoms with E-state index in [1.165, 1.54) is 31.8 Å². The van der Waals surface area contributed by atoms with Gasteiger partial charge in [0.15, 0.2) is 0 Å². The van der Waals surface area contributed by atoms with E-state index in [1.807, 2.05) is 41.5 Å². The summed E-state index contributed by atoms with van der Waals surface area (Å²) in [4.78, 5) is 6.54. The molecule has 6 aromatic rings. The molecule has 0 aromatic heterocycles. The zero-order valence-electron chi connectivity index (χ0n) is 29.7. The molecule has 0 aliphatic carbocycles. The van der Waals surface area contributed by atoms with Gasteiger partial charge >= 0.3 is 17.1 Å². The van der Waals surface area contributed by atoms with Gasteiger partial charge in [0.2, 0.25) is 11.1 Å². The summed E-state index contributed by atoms with van der Waals surface area (Å²) in [5, 5.41) is 8.69. The third-order valence-electron chi connectivity index (χ3n) is 6.82. The normalized spacial score (nSPS) is 10.2. The summed E-state index contributed by atoms with van der Waals surface area (Å²) in [6, 6.07) is 60.8. The SMILES string of the molecule is [C-]#[N+]C(C)(C)C.[C-]#[N+]C(C)(C)C.[Cu+].[Fe].c1ccc([PH+](c2ccccc2)[c-]2cccc2)cc1.c1ccc([PH+](c2ccccc2)[c-]2cccc2)cc1. The van der Waals surface area contributed by atoms with E-state index in [-0.39, 0.29) is 45.2 Å². The summed E-state index contributed by atoms with van der Waals surface area (Å²) in [5.41, 5.74) is -0.333. The molecular weight excluding hydrogens is 738 g/mol. The first-order chi connectivity index (χ1) is 23.0. The van der Waals surface area contributed by atoms with E-state index in [9.17, 15) is 0 Å². The maximum absolute atomic E-state index is 6.48. The van der Waals surface area contributed by atoms with Crippen LogP contribution >= 0.6 is 15.8 Å². The Hall–Kier alpha value is -3.54. The van der Waals surface area contributed by atoms with Gasteiger partial charge in [-0.15, -0.1) is 24.3 Å². The van der Waals surface area contributed by atoms with Gasteiger partial charge in [0.05, 0.1) is 21.2 Å². The fraction of sp³-hybridized carbons (Fsp3) is 0.182. The van der Waals surface area contributed by atoms with E-state index in [2.05, 4.69) is 180 Å². The molecule has 0 spiro atoms. The molecule has 6 rings (SSSR count). The summed E-state index contributed by atoms with van der Waals surface area (Å²) < 4.78 is 0. The molecule has 6 heteroatoms. The van der Waals surface area contributed by atoms with E-state index < -0.39 is 15.8 Å². The summed E-state index contributed by atoms with van der Waals surface area (Å²) in [6.45, 7) is 24.3. The van der Waals surface area contributed by atoms with Crippen molar-refractivity contribution < 1.29 is 34.1 Å². The molecule has 0 heterocycles. The zero-order chi connectivity index (χ0) is 34.8. The fourth-order valence-electron chi connectivity index (χ4n) is 4.50. The first kappa shape index (κ1) is 44.5. The summed E-state index contributed by atoms with van der Waals surface area (Å²) in [7, 11) is -1.67. The van der Waals surface area contributed by atoms with Crippen LogP contribution in [0.15, 0.2) is 170 Å². The van der Waals surface area contributed by atoms with Crippen molar-refractivity contribution in [2.45, 2.75) is 52.6 Å². The molecule has 0 fully saturated rings. The monoisotopic (exact) mass is 785 g/mol. The van der Waals surface area contributed by atoms with Gasteiger partial charge in [-0.25, -0.2) is 37.4 Å². The maximum atomic E-state index is 6.48. The van der Waals surface area contributed by atoms with Gasteiger partial charge in [-0.3, -0.25) is 0 Å². The van der Waals surface area contributed by atoms with Crippen LogP contribution in [0.4, 0.5) is 0 Å². The molecule has 6 aromatic carbocycles. The minimum atomic E-state index is -0.834. The van der Waals surface area contributed by atoms with E-state index in [1.54, 1.807) is 0 Å². The van der Waals surface area contributed by atoms with Crippen LogP contribution in [0.3, 0.4) is 0 Å². The average Bonchev–Trinajstić information content (AvgIpc) is 3.83. The molecular formula is C44H48CuFeN2P2+. The molecule has 0 saturated carbocycles. The quantitative estimate of drug-likeness (QED) is 0.0906. The Balaban J connectivity index is 0.000000369. The Morgan fingerprint density at radius 1 is 0.400 bits per heavy atom. The van der Waals surface area contributed by atoms with Gasteiger partial charge < -0.3 is 9.69 Å². The van der Waals surface area contributed by atoms with Gasteiger partial charge in [-0.2, -0.15) is 0 Å². The van der Waals surface area contributed by atoms with E-state index in [0.29, 0.717) is 0 Å². The van der Waals surface area contributed by atoms with Crippen LogP contribution in [0.2, 0.25) is 0 Å². The maximum Gasteiger partial charge on any atom is 1.00 e. The van der Waals surface area contributed by atoms with Crippen molar-refractivity contribution in [3.05, 3.63) is 193 Å². The van der Waals surface area contributed by atoms with E-state index in [0.717, 1.165) is 0 Å². The van der Waals surface area contributed by atoms with E-state index in [4.69, 9.17) is 13.1 Å². The molecule has 2 nitrogen and oxygen atoms in total. The van der Waals surface area contributed by atoms with Gasteiger partial charge in [0.25, 0.3) is 0 Å². The number of hydrogen-bond donors (Lipinski definition) is 0. The van der Waals surface area contributed by atoms with Crippen molar-refractivity contribution in [3.63, 3.8) is 0 Å². The fourth-order valence-corrected chi connectivity index (χ4v) is 9.66. The Bertz CT molecular complexity index is 1570. The number of benzene rings is 4. The van der Waals surface area contributed by atoms with Crippen LogP contribution in [-0.2, 0) is 34.1 Å². The smallest absolute Gasteiger partial charge is 0.311 e. The van der Waals surface area contributed by atoms with Crippen LogP contribution in [-0.4, -0.2) is 11.1 Å². The Morgan fingerprint density at radius 2 is 0.580 bits per heavy atom. The number of hydrogen-bond acceptors (Lipinski definition) is 0.